The van der Waals surface area contributed by atoms with E-state index >= 15 is 0 Å². The third-order valence-corrected chi connectivity index (χ3v) is 4.90. The lowest BCUT2D eigenvalue weighted by Crippen LogP contribution is -2.29. The molecule has 1 N–H and O–H groups in total. The number of aromatic nitrogens is 1. The topological polar surface area (TPSA) is 42.0 Å². The van der Waals surface area contributed by atoms with Crippen LogP contribution in [0.5, 0.6) is 0 Å². The second kappa shape index (κ2) is 7.88. The number of carbonyl (C=O) groups excluding carboxylic acids is 1. The first-order chi connectivity index (χ1) is 11.8. The Hall–Kier alpha value is -2.46. The number of nitrogens with one attached hydrogen (secondary N) is 1. The molecule has 0 saturated carbocycles. The van der Waals surface area contributed by atoms with Gasteiger partial charge in [0.2, 0.25) is 5.91 Å². The maximum Gasteiger partial charge on any atom is 0.227 e. The van der Waals surface area contributed by atoms with Gasteiger partial charge in [0.25, 0.3) is 0 Å². The Kier molecular flexibility index (Phi) is 5.39. The predicted molar refractivity (Wildman–Crippen MR) is 98.9 cm³/mol. The molecule has 1 atom stereocenters. The second-order valence-corrected chi connectivity index (χ2v) is 6.53. The minimum absolute atomic E-state index is 0.0599. The summed E-state index contributed by atoms with van der Waals surface area (Å²) in [5.41, 5.74) is 3.04. The second-order valence-electron chi connectivity index (χ2n) is 5.58. The van der Waals surface area contributed by atoms with Crippen LogP contribution < -0.4 is 5.32 Å². The number of benzene rings is 1. The first-order valence-electron chi connectivity index (χ1n) is 8.10. The van der Waals surface area contributed by atoms with Crippen molar-refractivity contribution in [3.05, 3.63) is 77.3 Å². The molecule has 4 heteroatoms. The van der Waals surface area contributed by atoms with Crippen LogP contribution in [0.1, 0.15) is 30.4 Å². The van der Waals surface area contributed by atoms with Crippen LogP contribution in [-0.2, 0) is 11.3 Å². The summed E-state index contributed by atoms with van der Waals surface area (Å²) in [5, 5.41) is 5.11. The quantitative estimate of drug-likeness (QED) is 0.713. The van der Waals surface area contributed by atoms with Crippen molar-refractivity contribution in [1.29, 1.82) is 0 Å². The van der Waals surface area contributed by atoms with Crippen molar-refractivity contribution in [2.24, 2.45) is 0 Å². The molecule has 0 radical (unpaired) electrons. The predicted octanol–water partition coefficient (Wildman–Crippen LogP) is 4.62. The smallest absolute Gasteiger partial charge is 0.227 e. The fourth-order valence-corrected chi connectivity index (χ4v) is 3.54. The van der Waals surface area contributed by atoms with Crippen LogP contribution in [0.25, 0.3) is 10.6 Å². The molecule has 3 aromatic rings. The van der Waals surface area contributed by atoms with Crippen LogP contribution in [0.4, 0.5) is 0 Å². The maximum absolute atomic E-state index is 12.6. The lowest BCUT2D eigenvalue weighted by Gasteiger charge is -2.16. The molecule has 24 heavy (non-hydrogen) atoms. The van der Waals surface area contributed by atoms with E-state index in [4.69, 9.17) is 0 Å². The summed E-state index contributed by atoms with van der Waals surface area (Å²) >= 11 is 1.66. The summed E-state index contributed by atoms with van der Waals surface area (Å²) in [5.74, 6) is -0.0576. The summed E-state index contributed by atoms with van der Waals surface area (Å²) in [7, 11) is 0. The molecule has 0 spiro atoms. The van der Waals surface area contributed by atoms with Crippen molar-refractivity contribution >= 4 is 17.2 Å². The van der Waals surface area contributed by atoms with Crippen LogP contribution in [-0.4, -0.2) is 10.9 Å². The molecule has 0 aliphatic heterocycles. The largest absolute Gasteiger partial charge is 0.351 e. The lowest BCUT2D eigenvalue weighted by molar-refractivity contribution is -0.122. The van der Waals surface area contributed by atoms with E-state index in [-0.39, 0.29) is 11.8 Å². The number of carbonyl (C=O) groups is 1. The van der Waals surface area contributed by atoms with Gasteiger partial charge in [-0.1, -0.05) is 49.4 Å². The molecule has 0 aliphatic rings. The van der Waals surface area contributed by atoms with E-state index in [2.05, 4.69) is 16.4 Å². The van der Waals surface area contributed by atoms with Crippen molar-refractivity contribution in [2.45, 2.75) is 25.8 Å². The molecular weight excluding hydrogens is 316 g/mol. The molecule has 2 aromatic heterocycles. The van der Waals surface area contributed by atoms with E-state index in [1.807, 2.05) is 60.8 Å². The zero-order valence-electron chi connectivity index (χ0n) is 13.6. The molecule has 1 amide bonds. The standard InChI is InChI=1S/C20H20N2OS/c1-2-17(15-8-4-3-5-9-15)20(23)22-14-16-10-6-12-21-19(16)18-11-7-13-24-18/h3-13,17H,2,14H2,1H3,(H,22,23)/t17-/m0/s1. The van der Waals surface area contributed by atoms with E-state index in [1.54, 1.807) is 17.5 Å². The van der Waals surface area contributed by atoms with Crippen LogP contribution in [0.15, 0.2) is 66.2 Å². The highest BCUT2D eigenvalue weighted by molar-refractivity contribution is 7.13. The van der Waals surface area contributed by atoms with Crippen LogP contribution in [0.3, 0.4) is 0 Å². The third-order valence-electron chi connectivity index (χ3n) is 4.03. The number of amides is 1. The third kappa shape index (κ3) is 3.71. The van der Waals surface area contributed by atoms with Crippen molar-refractivity contribution in [3.63, 3.8) is 0 Å². The number of rotatable bonds is 6. The molecule has 0 fully saturated rings. The number of thiophene rings is 1. The molecular formula is C20H20N2OS. The summed E-state index contributed by atoms with van der Waals surface area (Å²) in [6, 6.07) is 17.9. The maximum atomic E-state index is 12.6. The van der Waals surface area contributed by atoms with Crippen molar-refractivity contribution in [1.82, 2.24) is 10.3 Å². The van der Waals surface area contributed by atoms with Crippen LogP contribution in [0.2, 0.25) is 0 Å². The molecule has 122 valence electrons. The number of hydrogen-bond donors (Lipinski definition) is 1. The van der Waals surface area contributed by atoms with E-state index in [1.165, 1.54) is 0 Å². The van der Waals surface area contributed by atoms with Crippen molar-refractivity contribution in [3.8, 4) is 10.6 Å². The Morgan fingerprint density at radius 3 is 2.67 bits per heavy atom. The molecule has 0 saturated heterocycles. The number of hydrogen-bond acceptors (Lipinski definition) is 3. The van der Waals surface area contributed by atoms with E-state index in [0.717, 1.165) is 28.1 Å². The minimum Gasteiger partial charge on any atom is -0.351 e. The number of pyridine rings is 1. The van der Waals surface area contributed by atoms with E-state index in [9.17, 15) is 4.79 Å². The lowest BCUT2D eigenvalue weighted by atomic mass is 9.95. The Morgan fingerprint density at radius 2 is 1.96 bits per heavy atom. The number of nitrogens with zero attached hydrogens (tertiary/aromatic N) is 1. The Bertz CT molecular complexity index is 784. The Balaban J connectivity index is 1.73. The van der Waals surface area contributed by atoms with Crippen molar-refractivity contribution in [2.75, 3.05) is 0 Å². The highest BCUT2D eigenvalue weighted by Gasteiger charge is 2.18. The van der Waals surface area contributed by atoms with Gasteiger partial charge in [0.05, 0.1) is 16.5 Å². The van der Waals surface area contributed by atoms with Crippen molar-refractivity contribution < 1.29 is 4.79 Å². The monoisotopic (exact) mass is 336 g/mol. The van der Waals surface area contributed by atoms with Gasteiger partial charge in [-0.05, 0) is 35.1 Å². The van der Waals surface area contributed by atoms with E-state index in [0.29, 0.717) is 6.54 Å². The summed E-state index contributed by atoms with van der Waals surface area (Å²) < 4.78 is 0. The zero-order valence-corrected chi connectivity index (χ0v) is 14.4. The average Bonchev–Trinajstić information content (AvgIpc) is 3.16. The molecule has 0 aliphatic carbocycles. The van der Waals surface area contributed by atoms with Crippen LogP contribution >= 0.6 is 11.3 Å². The average molecular weight is 336 g/mol. The van der Waals surface area contributed by atoms with Gasteiger partial charge in [0, 0.05) is 12.7 Å². The molecule has 0 bridgehead atoms. The Morgan fingerprint density at radius 1 is 1.12 bits per heavy atom. The van der Waals surface area contributed by atoms with Crippen LogP contribution in [0, 0.1) is 0 Å². The SMILES string of the molecule is CC[C@H](C(=O)NCc1cccnc1-c1cccs1)c1ccccc1. The summed E-state index contributed by atoms with van der Waals surface area (Å²) in [4.78, 5) is 18.2. The highest BCUT2D eigenvalue weighted by Crippen LogP contribution is 2.26. The van der Waals surface area contributed by atoms with Gasteiger partial charge in [-0.2, -0.15) is 0 Å². The fraction of sp³-hybridized carbons (Fsp3) is 0.200. The molecule has 3 nitrogen and oxygen atoms in total. The van der Waals surface area contributed by atoms with Gasteiger partial charge < -0.3 is 5.32 Å². The molecule has 2 heterocycles. The van der Waals surface area contributed by atoms with E-state index < -0.39 is 0 Å². The Labute approximate surface area is 146 Å². The summed E-state index contributed by atoms with van der Waals surface area (Å²) in [6.07, 6.45) is 2.57. The fourth-order valence-electron chi connectivity index (χ4n) is 2.78. The van der Waals surface area contributed by atoms with Gasteiger partial charge in [-0.25, -0.2) is 0 Å². The molecule has 3 rings (SSSR count). The van der Waals surface area contributed by atoms with Gasteiger partial charge in [0.1, 0.15) is 0 Å². The zero-order chi connectivity index (χ0) is 16.8. The minimum atomic E-state index is -0.118. The molecule has 0 unspecified atom stereocenters. The normalized spacial score (nSPS) is 11.9. The van der Waals surface area contributed by atoms with Gasteiger partial charge in [-0.15, -0.1) is 11.3 Å². The summed E-state index contributed by atoms with van der Waals surface area (Å²) in [6.45, 7) is 2.53. The van der Waals surface area contributed by atoms with Gasteiger partial charge in [-0.3, -0.25) is 9.78 Å². The van der Waals surface area contributed by atoms with Gasteiger partial charge >= 0.3 is 0 Å². The molecule has 1 aromatic carbocycles. The van der Waals surface area contributed by atoms with Gasteiger partial charge in [0.15, 0.2) is 0 Å². The highest BCUT2D eigenvalue weighted by atomic mass is 32.1. The first kappa shape index (κ1) is 16.4. The first-order valence-corrected chi connectivity index (χ1v) is 8.98.